The average molecular weight is 549 g/mol. The number of ketones is 1. The lowest BCUT2D eigenvalue weighted by atomic mass is 9.98. The van der Waals surface area contributed by atoms with E-state index in [0.29, 0.717) is 44.0 Å². The van der Waals surface area contributed by atoms with E-state index in [1.54, 1.807) is 18.0 Å². The van der Waals surface area contributed by atoms with E-state index in [9.17, 15) is 14.7 Å². The number of nitrogens with zero attached hydrogens (tertiary/aromatic N) is 5. The zero-order valence-electron chi connectivity index (χ0n) is 23.0. The largest absolute Gasteiger partial charge is 0.486 e. The Kier molecular flexibility index (Phi) is 8.71. The van der Waals surface area contributed by atoms with Crippen LogP contribution in [0.5, 0.6) is 5.75 Å². The van der Waals surface area contributed by atoms with E-state index in [0.717, 1.165) is 43.1 Å². The minimum atomic E-state index is -0.622. The average Bonchev–Trinajstić information content (AvgIpc) is 3.37. The summed E-state index contributed by atoms with van der Waals surface area (Å²) in [5.41, 5.74) is 3.59. The maximum atomic E-state index is 12.8. The van der Waals surface area contributed by atoms with E-state index >= 15 is 0 Å². The van der Waals surface area contributed by atoms with Gasteiger partial charge < -0.3 is 24.5 Å². The number of aryl methyl sites for hydroxylation is 1. The molecule has 1 fully saturated rings. The minimum Gasteiger partial charge on any atom is -0.486 e. The number of hydrogen-bond donors (Lipinski definition) is 2. The number of nitrogens with one attached hydrogen (secondary N) is 1. The number of piperidine rings is 1. The molecule has 212 valence electrons. The van der Waals surface area contributed by atoms with Gasteiger partial charge in [-0.15, -0.1) is 0 Å². The van der Waals surface area contributed by atoms with E-state index in [1.807, 2.05) is 13.0 Å². The zero-order valence-corrected chi connectivity index (χ0v) is 23.0. The number of Topliss-reactive ketones (excluding diaryl/α,β-unsaturated/α-hetero) is 1. The smallest absolute Gasteiger partial charge is 0.224 e. The van der Waals surface area contributed by atoms with Crippen molar-refractivity contribution in [3.8, 4) is 5.75 Å². The van der Waals surface area contributed by atoms with Crippen LogP contribution in [0.3, 0.4) is 0 Å². The van der Waals surface area contributed by atoms with Gasteiger partial charge in [0.1, 0.15) is 30.2 Å². The number of amides is 1. The zero-order chi connectivity index (χ0) is 28.1. The summed E-state index contributed by atoms with van der Waals surface area (Å²) in [6, 6.07) is 7.72. The number of aliphatic hydroxyl groups is 1. The molecule has 2 aromatic heterocycles. The molecule has 2 aliphatic rings. The first kappa shape index (κ1) is 27.7. The summed E-state index contributed by atoms with van der Waals surface area (Å²) >= 11 is 0. The second-order valence-electron chi connectivity index (χ2n) is 10.6. The Morgan fingerprint density at radius 3 is 2.90 bits per heavy atom. The highest BCUT2D eigenvalue weighted by molar-refractivity contribution is 5.94. The molecule has 1 amide bonds. The number of aliphatic hydroxyl groups excluding tert-OH is 1. The number of rotatable bonds is 11. The molecule has 1 saturated heterocycles. The van der Waals surface area contributed by atoms with Gasteiger partial charge in [-0.05, 0) is 49.4 Å². The van der Waals surface area contributed by atoms with Gasteiger partial charge >= 0.3 is 0 Å². The quantitative estimate of drug-likeness (QED) is 0.345. The third-order valence-electron chi connectivity index (χ3n) is 7.62. The van der Waals surface area contributed by atoms with Gasteiger partial charge in [0.15, 0.2) is 17.9 Å². The summed E-state index contributed by atoms with van der Waals surface area (Å²) in [6.45, 7) is 4.98. The number of hydrogen-bond acceptors (Lipinski definition) is 10. The van der Waals surface area contributed by atoms with Crippen molar-refractivity contribution in [3.63, 3.8) is 0 Å². The molecule has 0 bridgehead atoms. The molecule has 2 atom stereocenters. The van der Waals surface area contributed by atoms with Crippen LogP contribution in [0.1, 0.15) is 58.8 Å². The number of aromatic nitrogens is 3. The SMILES string of the molecule is Cc1ncoc1COc1ccc2c(c1)CCN(C[C@@H](O)CCC(=O)c1cc(NC3CCN(C)C(=O)C3)ncn1)C2. The van der Waals surface area contributed by atoms with Gasteiger partial charge in [0.25, 0.3) is 0 Å². The summed E-state index contributed by atoms with van der Waals surface area (Å²) in [7, 11) is 1.80. The first-order valence-corrected chi connectivity index (χ1v) is 13.7. The molecule has 1 aromatic carbocycles. The van der Waals surface area contributed by atoms with Gasteiger partial charge in [-0.25, -0.2) is 15.0 Å². The predicted molar refractivity (Wildman–Crippen MR) is 147 cm³/mol. The van der Waals surface area contributed by atoms with Crippen molar-refractivity contribution in [3.05, 3.63) is 65.3 Å². The first-order chi connectivity index (χ1) is 19.3. The topological polar surface area (TPSA) is 134 Å². The fraction of sp³-hybridized carbons (Fsp3) is 0.483. The third kappa shape index (κ3) is 7.02. The minimum absolute atomic E-state index is 0.0132. The Morgan fingerprint density at radius 2 is 2.10 bits per heavy atom. The Labute approximate surface area is 233 Å². The van der Waals surface area contributed by atoms with Crippen LogP contribution in [0.2, 0.25) is 0 Å². The number of fused-ring (bicyclic) bond motifs is 1. The van der Waals surface area contributed by atoms with Crippen molar-refractivity contribution in [2.75, 3.05) is 32.0 Å². The van der Waals surface area contributed by atoms with E-state index < -0.39 is 6.10 Å². The molecule has 5 rings (SSSR count). The number of anilines is 1. The normalized spacial score (nSPS) is 18.3. The Bertz CT molecular complexity index is 1340. The lowest BCUT2D eigenvalue weighted by Crippen LogP contribution is -2.41. The molecule has 11 heteroatoms. The van der Waals surface area contributed by atoms with Crippen LogP contribution in [0.25, 0.3) is 0 Å². The van der Waals surface area contributed by atoms with Crippen molar-refractivity contribution < 1.29 is 23.8 Å². The number of carbonyl (C=O) groups excluding carboxylic acids is 2. The second kappa shape index (κ2) is 12.6. The van der Waals surface area contributed by atoms with Gasteiger partial charge in [0.2, 0.25) is 5.91 Å². The maximum Gasteiger partial charge on any atom is 0.224 e. The number of likely N-dealkylation sites (tertiary alicyclic amines) is 1. The first-order valence-electron chi connectivity index (χ1n) is 13.7. The highest BCUT2D eigenvalue weighted by atomic mass is 16.5. The molecule has 1 unspecified atom stereocenters. The van der Waals surface area contributed by atoms with Crippen molar-refractivity contribution in [2.45, 2.75) is 64.3 Å². The highest BCUT2D eigenvalue weighted by Crippen LogP contribution is 2.25. The van der Waals surface area contributed by atoms with E-state index in [1.165, 1.54) is 23.8 Å². The molecule has 0 radical (unpaired) electrons. The summed E-state index contributed by atoms with van der Waals surface area (Å²) < 4.78 is 11.2. The number of oxazole rings is 1. The van der Waals surface area contributed by atoms with Crippen molar-refractivity contribution in [1.82, 2.24) is 24.8 Å². The summed E-state index contributed by atoms with van der Waals surface area (Å²) in [4.78, 5) is 41.1. The van der Waals surface area contributed by atoms with Crippen molar-refractivity contribution >= 4 is 17.5 Å². The fourth-order valence-electron chi connectivity index (χ4n) is 5.13. The molecule has 2 aliphatic heterocycles. The molecule has 0 spiro atoms. The number of β-amino-alcohol motifs (C(OH)–C–C–N with tert-alkyl or cyclic N) is 1. The number of ether oxygens (including phenoxy) is 1. The molecule has 0 saturated carbocycles. The van der Waals surface area contributed by atoms with Gasteiger partial charge in [-0.2, -0.15) is 0 Å². The lowest BCUT2D eigenvalue weighted by Gasteiger charge is -2.30. The molecule has 3 aromatic rings. The van der Waals surface area contributed by atoms with Crippen LogP contribution in [0.15, 0.2) is 41.4 Å². The summed E-state index contributed by atoms with van der Waals surface area (Å²) in [5.74, 6) is 2.01. The third-order valence-corrected chi connectivity index (χ3v) is 7.62. The number of benzene rings is 1. The van der Waals surface area contributed by atoms with Gasteiger partial charge in [0, 0.05) is 58.2 Å². The van der Waals surface area contributed by atoms with Crippen LogP contribution < -0.4 is 10.1 Å². The maximum absolute atomic E-state index is 12.8. The number of carbonyl (C=O) groups is 2. The van der Waals surface area contributed by atoms with Crippen molar-refractivity contribution in [1.29, 1.82) is 0 Å². The van der Waals surface area contributed by atoms with Gasteiger partial charge in [0.05, 0.1) is 11.8 Å². The van der Waals surface area contributed by atoms with Crippen LogP contribution in [-0.2, 0) is 24.4 Å². The highest BCUT2D eigenvalue weighted by Gasteiger charge is 2.24. The lowest BCUT2D eigenvalue weighted by molar-refractivity contribution is -0.132. The van der Waals surface area contributed by atoms with Crippen LogP contribution in [0.4, 0.5) is 5.82 Å². The molecule has 2 N–H and O–H groups in total. The predicted octanol–water partition coefficient (Wildman–Crippen LogP) is 2.77. The standard InChI is InChI=1S/C29H36N6O5/c1-19-27(40-18-32-19)16-39-24-5-3-21-14-35(10-7-20(21)11-24)15-23(36)4-6-26(37)25-13-28(31-17-30-25)33-22-8-9-34(2)29(38)12-22/h3,5,11,13,17-18,22-23,36H,4,6-10,12,14-16H2,1-2H3,(H,30,31,33)/t22?,23-/m0/s1. The summed E-state index contributed by atoms with van der Waals surface area (Å²) in [6.07, 6.45) is 4.79. The van der Waals surface area contributed by atoms with E-state index in [2.05, 4.69) is 37.3 Å². The monoisotopic (exact) mass is 548 g/mol. The van der Waals surface area contributed by atoms with E-state index in [4.69, 9.17) is 9.15 Å². The Morgan fingerprint density at radius 1 is 1.23 bits per heavy atom. The summed E-state index contributed by atoms with van der Waals surface area (Å²) in [5, 5.41) is 13.9. The van der Waals surface area contributed by atoms with Crippen LogP contribution >= 0.6 is 0 Å². The van der Waals surface area contributed by atoms with Gasteiger partial charge in [-0.1, -0.05) is 6.07 Å². The molecule has 4 heterocycles. The second-order valence-corrected chi connectivity index (χ2v) is 10.6. The van der Waals surface area contributed by atoms with E-state index in [-0.39, 0.29) is 24.2 Å². The molecule has 40 heavy (non-hydrogen) atoms. The fourth-order valence-corrected chi connectivity index (χ4v) is 5.13. The molecule has 0 aliphatic carbocycles. The van der Waals surface area contributed by atoms with Crippen LogP contribution in [-0.4, -0.2) is 80.4 Å². The molecule has 11 nitrogen and oxygen atoms in total. The van der Waals surface area contributed by atoms with Crippen LogP contribution in [0, 0.1) is 6.92 Å². The molecular weight excluding hydrogens is 512 g/mol. The Balaban J connectivity index is 1.07. The van der Waals surface area contributed by atoms with Crippen molar-refractivity contribution in [2.24, 2.45) is 0 Å². The van der Waals surface area contributed by atoms with Gasteiger partial charge in [-0.3, -0.25) is 14.5 Å². The molecular formula is C29H36N6O5. The Hall–Kier alpha value is -3.83.